The third-order valence-electron chi connectivity index (χ3n) is 6.79. The number of hydrogen-bond donors (Lipinski definition) is 4. The summed E-state index contributed by atoms with van der Waals surface area (Å²) >= 11 is 0. The SMILES string of the molecule is COC(=O)NC(C(=O)Nc1ccccc1CCC1CNC(CO)CO1)C(c1ccccc1)c1ccccc1. The summed E-state index contributed by atoms with van der Waals surface area (Å²) in [6.07, 6.45) is 0.801. The lowest BCUT2D eigenvalue weighted by Crippen LogP contribution is -2.48. The van der Waals surface area contributed by atoms with E-state index in [1.54, 1.807) is 0 Å². The molecule has 1 fully saturated rings. The van der Waals surface area contributed by atoms with E-state index in [0.717, 1.165) is 23.1 Å². The van der Waals surface area contributed by atoms with E-state index >= 15 is 0 Å². The van der Waals surface area contributed by atoms with Gasteiger partial charge in [-0.3, -0.25) is 4.79 Å². The normalized spacial score (nSPS) is 18.0. The second-order valence-electron chi connectivity index (χ2n) is 9.34. The molecule has 0 radical (unpaired) electrons. The number of anilines is 1. The number of morpholine rings is 1. The van der Waals surface area contributed by atoms with Crippen LogP contribution in [0.25, 0.3) is 0 Å². The topological polar surface area (TPSA) is 109 Å². The largest absolute Gasteiger partial charge is 0.453 e. The summed E-state index contributed by atoms with van der Waals surface area (Å²) < 4.78 is 10.8. The van der Waals surface area contributed by atoms with Crippen molar-refractivity contribution >= 4 is 17.7 Å². The Balaban J connectivity index is 1.56. The van der Waals surface area contributed by atoms with Gasteiger partial charge in [0, 0.05) is 18.2 Å². The van der Waals surface area contributed by atoms with Gasteiger partial charge >= 0.3 is 6.09 Å². The molecule has 0 spiro atoms. The standard InChI is InChI=1S/C30H35N3O5/c1-37-30(36)33-28(27(22-11-4-2-5-12-22)23-13-6-3-7-14-23)29(35)32-26-15-9-8-10-21(26)16-17-25-18-31-24(19-34)20-38-25/h2-15,24-25,27-28,31,34H,16-20H2,1H3,(H,32,35)(H,33,36). The van der Waals surface area contributed by atoms with Crippen molar-refractivity contribution in [1.29, 1.82) is 0 Å². The number of methoxy groups -OCH3 is 1. The van der Waals surface area contributed by atoms with Gasteiger partial charge in [0.2, 0.25) is 5.91 Å². The molecule has 1 heterocycles. The first-order valence-corrected chi connectivity index (χ1v) is 12.9. The summed E-state index contributed by atoms with van der Waals surface area (Å²) in [5.41, 5.74) is 3.45. The first-order valence-electron chi connectivity index (χ1n) is 12.9. The van der Waals surface area contributed by atoms with Crippen LogP contribution >= 0.6 is 0 Å². The summed E-state index contributed by atoms with van der Waals surface area (Å²) in [6, 6.07) is 26.0. The number of rotatable bonds is 10. The van der Waals surface area contributed by atoms with Crippen LogP contribution in [0.4, 0.5) is 10.5 Å². The minimum atomic E-state index is -0.929. The summed E-state index contributed by atoms with van der Waals surface area (Å²) in [7, 11) is 1.28. The number of para-hydroxylation sites is 1. The minimum absolute atomic E-state index is 0.0239. The molecule has 4 rings (SSSR count). The predicted molar refractivity (Wildman–Crippen MR) is 146 cm³/mol. The van der Waals surface area contributed by atoms with Crippen molar-refractivity contribution in [3.8, 4) is 0 Å². The van der Waals surface area contributed by atoms with Crippen LogP contribution in [0.15, 0.2) is 84.9 Å². The number of hydrogen-bond acceptors (Lipinski definition) is 6. The molecule has 1 aliphatic heterocycles. The molecule has 0 bridgehead atoms. The second kappa shape index (κ2) is 13.7. The van der Waals surface area contributed by atoms with Crippen LogP contribution < -0.4 is 16.0 Å². The number of aliphatic hydroxyl groups excluding tert-OH is 1. The van der Waals surface area contributed by atoms with Crippen LogP contribution in [0.1, 0.15) is 29.0 Å². The molecule has 200 valence electrons. The fourth-order valence-corrected chi connectivity index (χ4v) is 4.74. The van der Waals surface area contributed by atoms with Crippen LogP contribution in [-0.4, -0.2) is 62.2 Å². The highest BCUT2D eigenvalue weighted by Crippen LogP contribution is 2.30. The molecule has 3 unspecified atom stereocenters. The van der Waals surface area contributed by atoms with Crippen LogP contribution in [0.3, 0.4) is 0 Å². The molecular formula is C30H35N3O5. The highest BCUT2D eigenvalue weighted by Gasteiger charge is 2.33. The van der Waals surface area contributed by atoms with Gasteiger partial charge in [-0.2, -0.15) is 0 Å². The number of aryl methyl sites for hydroxylation is 1. The zero-order chi connectivity index (χ0) is 26.7. The van der Waals surface area contributed by atoms with E-state index in [4.69, 9.17) is 9.47 Å². The van der Waals surface area contributed by atoms with E-state index in [1.807, 2.05) is 84.9 Å². The highest BCUT2D eigenvalue weighted by molar-refractivity contribution is 5.98. The van der Waals surface area contributed by atoms with Crippen LogP contribution in [0.5, 0.6) is 0 Å². The number of amides is 2. The zero-order valence-corrected chi connectivity index (χ0v) is 21.5. The highest BCUT2D eigenvalue weighted by atomic mass is 16.5. The Hall–Kier alpha value is -3.72. The summed E-state index contributed by atoms with van der Waals surface area (Å²) in [5.74, 6) is -0.785. The van der Waals surface area contributed by atoms with E-state index in [1.165, 1.54) is 7.11 Å². The van der Waals surface area contributed by atoms with Gasteiger partial charge in [0.05, 0.1) is 32.5 Å². The Kier molecular flexibility index (Phi) is 9.86. The Morgan fingerprint density at radius 2 is 1.63 bits per heavy atom. The lowest BCUT2D eigenvalue weighted by molar-refractivity contribution is -0.118. The number of nitrogens with one attached hydrogen (secondary N) is 3. The van der Waals surface area contributed by atoms with Crippen molar-refractivity contribution in [2.24, 2.45) is 0 Å². The molecule has 4 N–H and O–H groups in total. The van der Waals surface area contributed by atoms with Gasteiger partial charge in [-0.25, -0.2) is 4.79 Å². The monoisotopic (exact) mass is 517 g/mol. The molecule has 0 aromatic heterocycles. The molecule has 8 heteroatoms. The molecule has 3 aromatic carbocycles. The zero-order valence-electron chi connectivity index (χ0n) is 21.5. The summed E-state index contributed by atoms with van der Waals surface area (Å²) in [5, 5.41) is 18.4. The van der Waals surface area contributed by atoms with Gasteiger partial charge in [-0.05, 0) is 35.6 Å². The Labute approximate surface area is 223 Å². The molecule has 1 saturated heterocycles. The van der Waals surface area contributed by atoms with Crippen molar-refractivity contribution in [2.75, 3.05) is 32.2 Å². The fraction of sp³-hybridized carbons (Fsp3) is 0.333. The molecule has 3 atom stereocenters. The molecule has 0 aliphatic carbocycles. The predicted octanol–water partition coefficient (Wildman–Crippen LogP) is 3.46. The van der Waals surface area contributed by atoms with E-state index in [-0.39, 0.29) is 24.7 Å². The Bertz CT molecular complexity index is 1130. The first-order chi connectivity index (χ1) is 18.6. The third-order valence-corrected chi connectivity index (χ3v) is 6.79. The fourth-order valence-electron chi connectivity index (χ4n) is 4.74. The van der Waals surface area contributed by atoms with Gasteiger partial charge in [-0.15, -0.1) is 0 Å². The third kappa shape index (κ3) is 7.19. The number of ether oxygens (including phenoxy) is 2. The summed E-state index contributed by atoms with van der Waals surface area (Å²) in [4.78, 5) is 26.2. The average molecular weight is 518 g/mol. The molecular weight excluding hydrogens is 482 g/mol. The molecule has 1 aliphatic rings. The number of carbonyl (C=O) groups is 2. The first kappa shape index (κ1) is 27.3. The lowest BCUT2D eigenvalue weighted by atomic mass is 9.84. The number of carbonyl (C=O) groups excluding carboxylic acids is 2. The van der Waals surface area contributed by atoms with Gasteiger partial charge in [0.15, 0.2) is 0 Å². The van der Waals surface area contributed by atoms with Crippen molar-refractivity contribution < 1.29 is 24.2 Å². The van der Waals surface area contributed by atoms with E-state index in [0.29, 0.717) is 25.3 Å². The molecule has 3 aromatic rings. The molecule has 0 saturated carbocycles. The van der Waals surface area contributed by atoms with Crippen LogP contribution in [0.2, 0.25) is 0 Å². The maximum atomic E-state index is 13.8. The van der Waals surface area contributed by atoms with Crippen molar-refractivity contribution in [1.82, 2.24) is 10.6 Å². The maximum absolute atomic E-state index is 13.8. The van der Waals surface area contributed by atoms with E-state index in [9.17, 15) is 14.7 Å². The second-order valence-corrected chi connectivity index (χ2v) is 9.34. The average Bonchev–Trinajstić information content (AvgIpc) is 2.97. The van der Waals surface area contributed by atoms with Crippen LogP contribution in [0, 0.1) is 0 Å². The summed E-state index contributed by atoms with van der Waals surface area (Å²) in [6.45, 7) is 1.19. The van der Waals surface area contributed by atoms with Gasteiger partial charge in [0.25, 0.3) is 0 Å². The molecule has 2 amide bonds. The Morgan fingerprint density at radius 3 is 2.21 bits per heavy atom. The van der Waals surface area contributed by atoms with Gasteiger partial charge in [0.1, 0.15) is 6.04 Å². The van der Waals surface area contributed by atoms with Crippen molar-refractivity contribution in [3.63, 3.8) is 0 Å². The molecule has 38 heavy (non-hydrogen) atoms. The number of benzene rings is 3. The maximum Gasteiger partial charge on any atom is 0.407 e. The van der Waals surface area contributed by atoms with Gasteiger partial charge in [-0.1, -0.05) is 78.9 Å². The smallest absolute Gasteiger partial charge is 0.407 e. The minimum Gasteiger partial charge on any atom is -0.453 e. The number of aliphatic hydroxyl groups is 1. The quantitative estimate of drug-likeness (QED) is 0.328. The molecule has 8 nitrogen and oxygen atoms in total. The number of alkyl carbamates (subject to hydrolysis) is 1. The Morgan fingerprint density at radius 1 is 1.00 bits per heavy atom. The van der Waals surface area contributed by atoms with Crippen molar-refractivity contribution in [3.05, 3.63) is 102 Å². The van der Waals surface area contributed by atoms with Crippen molar-refractivity contribution in [2.45, 2.75) is 36.9 Å². The van der Waals surface area contributed by atoms with Crippen LogP contribution in [-0.2, 0) is 20.7 Å². The van der Waals surface area contributed by atoms with Gasteiger partial charge < -0.3 is 30.5 Å². The van der Waals surface area contributed by atoms with E-state index in [2.05, 4.69) is 16.0 Å². The van der Waals surface area contributed by atoms with E-state index < -0.39 is 18.1 Å². The lowest BCUT2D eigenvalue weighted by Gasteiger charge is -2.30.